The zero-order valence-corrected chi connectivity index (χ0v) is 21.9. The molecule has 5 aromatic rings. The minimum atomic E-state index is -1.43. The third-order valence-corrected chi connectivity index (χ3v) is 7.70. The SMILES string of the molecule is COc1cc(-c2cn([C@H]3[C@@H](O)[C@@H](CO)O[C@@H](c4ncnn4-c4ccc5nc(C)sc5c4)[C@@H]3O)nn2)cc(F)c1F. The smallest absolute Gasteiger partial charge is 0.200 e. The average molecular weight is 572 g/mol. The Morgan fingerprint density at radius 3 is 2.75 bits per heavy atom. The van der Waals surface area contributed by atoms with Crippen LogP contribution in [0.2, 0.25) is 0 Å². The molecule has 1 fully saturated rings. The highest BCUT2D eigenvalue weighted by Gasteiger charge is 2.48. The van der Waals surface area contributed by atoms with Crippen LogP contribution in [0.25, 0.3) is 27.2 Å². The van der Waals surface area contributed by atoms with Crippen molar-refractivity contribution in [3.63, 3.8) is 0 Å². The number of thiazole rings is 1. The zero-order chi connectivity index (χ0) is 28.1. The molecule has 3 aromatic heterocycles. The van der Waals surface area contributed by atoms with Gasteiger partial charge in [0.05, 0.1) is 40.8 Å². The molecule has 0 spiro atoms. The Balaban J connectivity index is 1.36. The van der Waals surface area contributed by atoms with Gasteiger partial charge in [0.2, 0.25) is 5.82 Å². The summed E-state index contributed by atoms with van der Waals surface area (Å²) in [4.78, 5) is 8.78. The molecule has 6 rings (SSSR count). The fourth-order valence-electron chi connectivity index (χ4n) is 4.85. The van der Waals surface area contributed by atoms with E-state index >= 15 is 0 Å². The van der Waals surface area contributed by atoms with Crippen LogP contribution in [0.15, 0.2) is 42.9 Å². The van der Waals surface area contributed by atoms with Gasteiger partial charge in [-0.15, -0.1) is 16.4 Å². The van der Waals surface area contributed by atoms with E-state index in [9.17, 15) is 24.1 Å². The summed E-state index contributed by atoms with van der Waals surface area (Å²) < 4.78 is 42.5. The normalized spacial score (nSPS) is 23.1. The van der Waals surface area contributed by atoms with Gasteiger partial charge in [-0.2, -0.15) is 9.49 Å². The van der Waals surface area contributed by atoms with Crippen LogP contribution in [0.4, 0.5) is 8.78 Å². The second kappa shape index (κ2) is 10.3. The summed E-state index contributed by atoms with van der Waals surface area (Å²) in [5.74, 6) is -2.37. The first-order chi connectivity index (χ1) is 19.3. The third-order valence-electron chi connectivity index (χ3n) is 6.77. The molecule has 0 saturated carbocycles. The lowest BCUT2D eigenvalue weighted by Gasteiger charge is -2.41. The predicted octanol–water partition coefficient (Wildman–Crippen LogP) is 2.13. The lowest BCUT2D eigenvalue weighted by molar-refractivity contribution is -0.210. The van der Waals surface area contributed by atoms with Crippen LogP contribution in [0.5, 0.6) is 5.75 Å². The van der Waals surface area contributed by atoms with Crippen molar-refractivity contribution < 1.29 is 33.6 Å². The van der Waals surface area contributed by atoms with Crippen molar-refractivity contribution in [2.45, 2.75) is 37.4 Å². The van der Waals surface area contributed by atoms with Crippen molar-refractivity contribution in [1.29, 1.82) is 0 Å². The van der Waals surface area contributed by atoms with E-state index < -0.39 is 48.7 Å². The highest BCUT2D eigenvalue weighted by atomic mass is 32.1. The number of aliphatic hydroxyl groups is 3. The maximum absolute atomic E-state index is 14.1. The first-order valence-electron chi connectivity index (χ1n) is 12.1. The summed E-state index contributed by atoms with van der Waals surface area (Å²) in [6.45, 7) is 1.35. The third kappa shape index (κ3) is 4.41. The molecule has 12 nitrogen and oxygen atoms in total. The number of nitrogens with zero attached hydrogens (tertiary/aromatic N) is 7. The van der Waals surface area contributed by atoms with Gasteiger partial charge in [-0.1, -0.05) is 5.21 Å². The van der Waals surface area contributed by atoms with Crippen LogP contribution in [0.3, 0.4) is 0 Å². The van der Waals surface area contributed by atoms with Gasteiger partial charge >= 0.3 is 0 Å². The van der Waals surface area contributed by atoms with Gasteiger partial charge in [0.25, 0.3) is 0 Å². The van der Waals surface area contributed by atoms with Crippen molar-refractivity contribution >= 4 is 21.6 Å². The van der Waals surface area contributed by atoms with Crippen LogP contribution >= 0.6 is 11.3 Å². The van der Waals surface area contributed by atoms with E-state index in [0.717, 1.165) is 21.3 Å². The number of hydrogen-bond donors (Lipinski definition) is 3. The molecule has 0 aliphatic carbocycles. The summed E-state index contributed by atoms with van der Waals surface area (Å²) in [6, 6.07) is 6.60. The molecule has 15 heteroatoms. The molecule has 4 heterocycles. The highest BCUT2D eigenvalue weighted by Crippen LogP contribution is 2.39. The first-order valence-corrected chi connectivity index (χ1v) is 13.0. The Labute approximate surface area is 229 Å². The Morgan fingerprint density at radius 2 is 1.98 bits per heavy atom. The number of ether oxygens (including phenoxy) is 2. The fourth-order valence-corrected chi connectivity index (χ4v) is 5.71. The number of aliphatic hydroxyl groups excluding tert-OH is 3. The van der Waals surface area contributed by atoms with E-state index in [2.05, 4.69) is 25.4 Å². The molecule has 1 aliphatic heterocycles. The number of aromatic nitrogens is 7. The van der Waals surface area contributed by atoms with Crippen molar-refractivity contribution in [2.75, 3.05) is 13.7 Å². The molecule has 0 amide bonds. The lowest BCUT2D eigenvalue weighted by atomic mass is 9.92. The summed E-state index contributed by atoms with van der Waals surface area (Å²) >= 11 is 1.52. The Bertz CT molecular complexity index is 1690. The van der Waals surface area contributed by atoms with Crippen LogP contribution in [-0.4, -0.2) is 82.1 Å². The second-order valence-electron chi connectivity index (χ2n) is 9.22. The quantitative estimate of drug-likeness (QED) is 0.276. The predicted molar refractivity (Wildman–Crippen MR) is 137 cm³/mol. The summed E-state index contributed by atoms with van der Waals surface area (Å²) in [5.41, 5.74) is 1.79. The van der Waals surface area contributed by atoms with Gasteiger partial charge in [0.1, 0.15) is 42.5 Å². The molecule has 0 bridgehead atoms. The van der Waals surface area contributed by atoms with Crippen molar-refractivity contribution in [1.82, 2.24) is 34.7 Å². The number of hydrogen-bond acceptors (Lipinski definition) is 11. The maximum Gasteiger partial charge on any atom is 0.200 e. The molecule has 1 saturated heterocycles. The van der Waals surface area contributed by atoms with Gasteiger partial charge < -0.3 is 24.8 Å². The van der Waals surface area contributed by atoms with Crippen LogP contribution in [0, 0.1) is 18.6 Å². The molecule has 5 atom stereocenters. The van der Waals surface area contributed by atoms with Crippen molar-refractivity contribution in [3.8, 4) is 22.7 Å². The van der Waals surface area contributed by atoms with Gasteiger partial charge in [0.15, 0.2) is 17.4 Å². The molecular formula is C25H23F2N7O5S. The Kier molecular flexibility index (Phi) is 6.75. The summed E-state index contributed by atoms with van der Waals surface area (Å²) in [7, 11) is 1.21. The van der Waals surface area contributed by atoms with E-state index in [0.29, 0.717) is 5.69 Å². The van der Waals surface area contributed by atoms with E-state index in [4.69, 9.17) is 9.47 Å². The van der Waals surface area contributed by atoms with Gasteiger partial charge in [-0.05, 0) is 37.3 Å². The molecule has 1 aliphatic rings. The minimum absolute atomic E-state index is 0.136. The molecule has 40 heavy (non-hydrogen) atoms. The monoisotopic (exact) mass is 571 g/mol. The summed E-state index contributed by atoms with van der Waals surface area (Å²) in [5, 5.41) is 45.7. The average Bonchev–Trinajstić information content (AvgIpc) is 3.69. The Morgan fingerprint density at radius 1 is 1.15 bits per heavy atom. The molecule has 3 N–H and O–H groups in total. The van der Waals surface area contributed by atoms with E-state index in [-0.39, 0.29) is 22.8 Å². The van der Waals surface area contributed by atoms with Crippen molar-refractivity contribution in [2.24, 2.45) is 0 Å². The highest BCUT2D eigenvalue weighted by molar-refractivity contribution is 7.18. The topological polar surface area (TPSA) is 153 Å². The van der Waals surface area contributed by atoms with Gasteiger partial charge in [-0.3, -0.25) is 0 Å². The maximum atomic E-state index is 14.1. The summed E-state index contributed by atoms with van der Waals surface area (Å²) in [6.07, 6.45) is -2.41. The number of benzene rings is 2. The largest absolute Gasteiger partial charge is 0.494 e. The van der Waals surface area contributed by atoms with E-state index in [1.807, 2.05) is 25.1 Å². The number of rotatable bonds is 6. The van der Waals surface area contributed by atoms with Gasteiger partial charge in [-0.25, -0.2) is 23.7 Å². The standard InChI is InChI=1S/C25H23F2N7O5S/c1-11-30-15-4-3-13(7-19(15)40-11)34-25(28-10-29-34)24-23(37)21(22(36)18(9-35)39-24)33-8-16(31-32-33)12-5-14(26)20(27)17(6-12)38-2/h3-8,10,18,21-24,35-37H,9H2,1-2H3/t18-,21+,22+,23-,24-/m1/s1. The molecule has 0 radical (unpaired) electrons. The second-order valence-corrected chi connectivity index (χ2v) is 10.5. The molecule has 208 valence electrons. The van der Waals surface area contributed by atoms with Gasteiger partial charge in [0, 0.05) is 5.56 Å². The zero-order valence-electron chi connectivity index (χ0n) is 21.1. The first kappa shape index (κ1) is 26.3. The fraction of sp³-hybridized carbons (Fsp3) is 0.320. The minimum Gasteiger partial charge on any atom is -0.494 e. The Hall–Kier alpha value is -3.89. The number of halogens is 2. The number of methoxy groups -OCH3 is 1. The molecule has 0 unspecified atom stereocenters. The van der Waals surface area contributed by atoms with Crippen LogP contribution in [0.1, 0.15) is 23.0 Å². The molecule has 2 aromatic carbocycles. The van der Waals surface area contributed by atoms with E-state index in [1.54, 1.807) is 0 Å². The molecular weight excluding hydrogens is 548 g/mol. The lowest BCUT2D eigenvalue weighted by Crippen LogP contribution is -2.53. The van der Waals surface area contributed by atoms with E-state index in [1.165, 1.54) is 46.4 Å². The number of fused-ring (bicyclic) bond motifs is 1. The van der Waals surface area contributed by atoms with Crippen LogP contribution < -0.4 is 4.74 Å². The van der Waals surface area contributed by atoms with Crippen molar-refractivity contribution in [3.05, 3.63) is 65.3 Å². The van der Waals surface area contributed by atoms with Crippen LogP contribution in [-0.2, 0) is 4.74 Å². The number of aryl methyl sites for hydroxylation is 1.